The summed E-state index contributed by atoms with van der Waals surface area (Å²) in [6.07, 6.45) is 1.01. The Morgan fingerprint density at radius 3 is 2.93 bits per heavy atom. The molecule has 2 rings (SSSR count). The standard InChI is InChI=1S/C9H12N2O2S.Y/c1-6-4-7-2-3-10-9(7)5-8(6)11-14(12)13;/h4-5,10-11H,2-3H2,1H3,(H,12,13);/q;+3/p-1. The van der Waals surface area contributed by atoms with E-state index in [1.165, 1.54) is 5.56 Å². The van der Waals surface area contributed by atoms with Gasteiger partial charge in [-0.15, -0.1) is 0 Å². The van der Waals surface area contributed by atoms with Gasteiger partial charge in [0.1, 0.15) is 0 Å². The van der Waals surface area contributed by atoms with Gasteiger partial charge in [0.15, 0.2) is 0 Å². The molecule has 1 aliphatic heterocycles. The maximum absolute atomic E-state index is 10.5. The van der Waals surface area contributed by atoms with E-state index < -0.39 is 11.3 Å². The van der Waals surface area contributed by atoms with Crippen LogP contribution >= 0.6 is 0 Å². The molecule has 2 N–H and O–H groups in total. The van der Waals surface area contributed by atoms with Gasteiger partial charge in [-0.05, 0) is 30.5 Å². The van der Waals surface area contributed by atoms with Crippen LogP contribution in [-0.4, -0.2) is 15.3 Å². The molecule has 0 radical (unpaired) electrons. The van der Waals surface area contributed by atoms with E-state index in [2.05, 4.69) is 10.0 Å². The SMILES string of the molecule is Cc1cc2c(cc1NS(=O)[O-])NCC2.[Y+3]. The smallest absolute Gasteiger partial charge is 0.755 e. The van der Waals surface area contributed by atoms with Crippen LogP contribution < -0.4 is 10.0 Å². The number of benzene rings is 1. The number of aryl methyl sites for hydroxylation is 1. The number of rotatable bonds is 2. The predicted octanol–water partition coefficient (Wildman–Crippen LogP) is 1.17. The molecule has 1 aromatic rings. The molecule has 6 heteroatoms. The summed E-state index contributed by atoms with van der Waals surface area (Å²) in [5.41, 5.74) is 3.89. The van der Waals surface area contributed by atoms with Crippen LogP contribution in [0.1, 0.15) is 11.1 Å². The van der Waals surface area contributed by atoms with Crippen molar-refractivity contribution in [3.63, 3.8) is 0 Å². The van der Waals surface area contributed by atoms with Crippen molar-refractivity contribution < 1.29 is 41.5 Å². The van der Waals surface area contributed by atoms with E-state index >= 15 is 0 Å². The first-order valence-corrected chi connectivity index (χ1v) is 5.47. The molecule has 15 heavy (non-hydrogen) atoms. The molecule has 0 bridgehead atoms. The summed E-state index contributed by atoms with van der Waals surface area (Å²) >= 11 is -2.25. The van der Waals surface area contributed by atoms with Gasteiger partial charge in [0, 0.05) is 23.5 Å². The Kier molecular flexibility index (Phi) is 4.71. The normalized spacial score (nSPS) is 14.8. The van der Waals surface area contributed by atoms with Crippen molar-refractivity contribution in [3.8, 4) is 0 Å². The first kappa shape index (κ1) is 13.1. The van der Waals surface area contributed by atoms with Gasteiger partial charge in [-0.25, -0.2) is 0 Å². The number of fused-ring (bicyclic) bond motifs is 1. The van der Waals surface area contributed by atoms with Gasteiger partial charge in [0.25, 0.3) is 0 Å². The van der Waals surface area contributed by atoms with Gasteiger partial charge in [-0.2, -0.15) is 0 Å². The van der Waals surface area contributed by atoms with Crippen LogP contribution in [0, 0.1) is 6.92 Å². The first-order valence-electron chi connectivity index (χ1n) is 4.40. The predicted molar refractivity (Wildman–Crippen MR) is 55.9 cm³/mol. The summed E-state index contributed by atoms with van der Waals surface area (Å²) in [4.78, 5) is 0. The Hall–Kier alpha value is 0.0339. The zero-order valence-electron chi connectivity index (χ0n) is 8.37. The molecular weight excluding hydrogens is 289 g/mol. The van der Waals surface area contributed by atoms with Gasteiger partial charge in [-0.3, -0.25) is 4.21 Å². The minimum absolute atomic E-state index is 0. The number of hydrogen-bond donors (Lipinski definition) is 2. The second kappa shape index (κ2) is 5.39. The zero-order valence-corrected chi connectivity index (χ0v) is 12.0. The van der Waals surface area contributed by atoms with Gasteiger partial charge in [-0.1, -0.05) is 6.07 Å². The third kappa shape index (κ3) is 3.00. The van der Waals surface area contributed by atoms with E-state index in [0.29, 0.717) is 5.69 Å². The summed E-state index contributed by atoms with van der Waals surface area (Å²) in [5.74, 6) is 0. The molecule has 1 unspecified atom stereocenters. The third-order valence-electron chi connectivity index (χ3n) is 2.35. The van der Waals surface area contributed by atoms with E-state index in [0.717, 1.165) is 24.2 Å². The second-order valence-electron chi connectivity index (χ2n) is 3.34. The van der Waals surface area contributed by atoms with E-state index in [1.54, 1.807) is 0 Å². The van der Waals surface area contributed by atoms with Crippen molar-refractivity contribution in [2.75, 3.05) is 16.6 Å². The number of nitrogens with one attached hydrogen (secondary N) is 2. The van der Waals surface area contributed by atoms with Crippen molar-refractivity contribution >= 4 is 22.6 Å². The molecule has 0 fully saturated rings. The number of hydrogen-bond acceptors (Lipinski definition) is 3. The minimum Gasteiger partial charge on any atom is -0.755 e. The number of anilines is 2. The quantitative estimate of drug-likeness (QED) is 0.806. The maximum atomic E-state index is 10.5. The molecule has 0 amide bonds. The Bertz CT molecular complexity index is 398. The Morgan fingerprint density at radius 2 is 2.27 bits per heavy atom. The summed E-state index contributed by atoms with van der Waals surface area (Å²) in [6.45, 7) is 2.83. The van der Waals surface area contributed by atoms with Crippen LogP contribution in [0.15, 0.2) is 12.1 Å². The van der Waals surface area contributed by atoms with Crippen molar-refractivity contribution in [2.45, 2.75) is 13.3 Å². The fourth-order valence-corrected chi connectivity index (χ4v) is 2.07. The van der Waals surface area contributed by atoms with E-state index in [1.807, 2.05) is 19.1 Å². The molecule has 4 nitrogen and oxygen atoms in total. The van der Waals surface area contributed by atoms with Gasteiger partial charge in [0.05, 0.1) is 5.69 Å². The van der Waals surface area contributed by atoms with Gasteiger partial charge in [0.2, 0.25) is 0 Å². The molecule has 1 aromatic carbocycles. The molecule has 76 valence electrons. The van der Waals surface area contributed by atoms with Gasteiger partial charge >= 0.3 is 32.7 Å². The van der Waals surface area contributed by atoms with Crippen LogP contribution in [-0.2, 0) is 50.4 Å². The molecule has 0 spiro atoms. The molecule has 0 saturated carbocycles. The van der Waals surface area contributed by atoms with Crippen LogP contribution in [0.25, 0.3) is 0 Å². The van der Waals surface area contributed by atoms with E-state index in [-0.39, 0.29) is 32.7 Å². The van der Waals surface area contributed by atoms with Crippen molar-refractivity contribution in [3.05, 3.63) is 23.3 Å². The Morgan fingerprint density at radius 1 is 1.53 bits per heavy atom. The minimum atomic E-state index is -2.25. The molecular formula is C9H11N2O2SY+2. The Balaban J connectivity index is 0.00000112. The molecule has 0 aliphatic carbocycles. The molecule has 1 heterocycles. The topological polar surface area (TPSA) is 64.2 Å². The fraction of sp³-hybridized carbons (Fsp3) is 0.333. The van der Waals surface area contributed by atoms with Crippen LogP contribution in [0.3, 0.4) is 0 Å². The molecule has 1 aliphatic rings. The van der Waals surface area contributed by atoms with E-state index in [9.17, 15) is 8.76 Å². The third-order valence-corrected chi connectivity index (χ3v) is 2.74. The van der Waals surface area contributed by atoms with Crippen LogP contribution in [0.2, 0.25) is 0 Å². The molecule has 1 atom stereocenters. The van der Waals surface area contributed by atoms with Crippen LogP contribution in [0.4, 0.5) is 11.4 Å². The maximum Gasteiger partial charge on any atom is 3.00 e. The van der Waals surface area contributed by atoms with Gasteiger partial charge < -0.3 is 14.6 Å². The first-order chi connectivity index (χ1) is 6.66. The average molecular weight is 300 g/mol. The fourth-order valence-electron chi connectivity index (χ4n) is 1.67. The summed E-state index contributed by atoms with van der Waals surface area (Å²) in [5, 5.41) is 3.20. The van der Waals surface area contributed by atoms with E-state index in [4.69, 9.17) is 0 Å². The van der Waals surface area contributed by atoms with Crippen molar-refractivity contribution in [1.29, 1.82) is 0 Å². The largest absolute Gasteiger partial charge is 3.00 e. The Labute approximate surface area is 117 Å². The van der Waals surface area contributed by atoms with Crippen LogP contribution in [0.5, 0.6) is 0 Å². The molecule has 0 aromatic heterocycles. The molecule has 0 saturated heterocycles. The second-order valence-corrected chi connectivity index (χ2v) is 4.01. The summed E-state index contributed by atoms with van der Waals surface area (Å²) in [6, 6.07) is 3.86. The monoisotopic (exact) mass is 300 g/mol. The zero-order chi connectivity index (χ0) is 10.1. The average Bonchev–Trinajstić information content (AvgIpc) is 2.51. The summed E-state index contributed by atoms with van der Waals surface area (Å²) in [7, 11) is 0. The van der Waals surface area contributed by atoms with Crippen molar-refractivity contribution in [2.24, 2.45) is 0 Å². The summed E-state index contributed by atoms with van der Waals surface area (Å²) < 4.78 is 23.4. The van der Waals surface area contributed by atoms with Crippen molar-refractivity contribution in [1.82, 2.24) is 0 Å².